The van der Waals surface area contributed by atoms with Crippen molar-refractivity contribution in [3.05, 3.63) is 23.8 Å². The third-order valence-corrected chi connectivity index (χ3v) is 5.58. The van der Waals surface area contributed by atoms with E-state index in [1.807, 2.05) is 39.2 Å². The number of nitrogens with zero attached hydrogens (tertiary/aromatic N) is 3. The Morgan fingerprint density at radius 3 is 2.50 bits per heavy atom. The fourth-order valence-corrected chi connectivity index (χ4v) is 3.82. The van der Waals surface area contributed by atoms with Gasteiger partial charge in [-0.15, -0.1) is 0 Å². The summed E-state index contributed by atoms with van der Waals surface area (Å²) in [7, 11) is 8.79. The van der Waals surface area contributed by atoms with Gasteiger partial charge in [0.2, 0.25) is 0 Å². The highest BCUT2D eigenvalue weighted by molar-refractivity contribution is 5.82. The Labute approximate surface area is 180 Å². The molecule has 0 bridgehead atoms. The lowest BCUT2D eigenvalue weighted by Gasteiger charge is -2.26. The minimum absolute atomic E-state index is 0.0647. The molecule has 0 saturated carbocycles. The third kappa shape index (κ3) is 5.56. The summed E-state index contributed by atoms with van der Waals surface area (Å²) in [5.41, 5.74) is 1.10. The Bertz CT molecular complexity index is 738. The molecule has 0 aromatic heterocycles. The fraction of sp³-hybridized carbons (Fsp3) is 0.636. The Hall–Kier alpha value is -2.48. The van der Waals surface area contributed by atoms with Gasteiger partial charge >= 0.3 is 5.97 Å². The predicted octanol–water partition coefficient (Wildman–Crippen LogP) is 2.01. The van der Waals surface area contributed by atoms with E-state index in [-0.39, 0.29) is 23.8 Å². The average molecular weight is 421 g/mol. The molecule has 1 heterocycles. The molecule has 8 nitrogen and oxygen atoms in total. The predicted molar refractivity (Wildman–Crippen MR) is 118 cm³/mol. The molecule has 1 aliphatic rings. The van der Waals surface area contributed by atoms with Gasteiger partial charge in [0.25, 0.3) is 0 Å². The lowest BCUT2D eigenvalue weighted by Crippen LogP contribution is -2.41. The van der Waals surface area contributed by atoms with Gasteiger partial charge in [-0.2, -0.15) is 0 Å². The summed E-state index contributed by atoms with van der Waals surface area (Å²) in [4.78, 5) is 21.3. The van der Waals surface area contributed by atoms with E-state index in [4.69, 9.17) is 19.2 Å². The summed E-state index contributed by atoms with van der Waals surface area (Å²) >= 11 is 0. The maximum atomic E-state index is 12.1. The van der Waals surface area contributed by atoms with E-state index in [9.17, 15) is 4.79 Å². The van der Waals surface area contributed by atoms with E-state index in [0.29, 0.717) is 24.6 Å². The molecule has 1 aliphatic heterocycles. The number of guanidine groups is 1. The first kappa shape index (κ1) is 23.8. The van der Waals surface area contributed by atoms with Crippen LogP contribution in [0.15, 0.2) is 23.2 Å². The molecule has 0 aliphatic carbocycles. The maximum Gasteiger partial charge on any atom is 0.310 e. The van der Waals surface area contributed by atoms with Crippen LogP contribution in [0.5, 0.6) is 11.5 Å². The smallest absolute Gasteiger partial charge is 0.310 e. The van der Waals surface area contributed by atoms with E-state index >= 15 is 0 Å². The fourth-order valence-electron chi connectivity index (χ4n) is 3.82. The number of nitrogens with one attached hydrogen (secondary N) is 1. The quantitative estimate of drug-likeness (QED) is 0.392. The van der Waals surface area contributed by atoms with Gasteiger partial charge in [0.15, 0.2) is 17.5 Å². The summed E-state index contributed by atoms with van der Waals surface area (Å²) in [6.45, 7) is 6.84. The molecule has 0 spiro atoms. The Morgan fingerprint density at radius 1 is 1.23 bits per heavy atom. The van der Waals surface area contributed by atoms with Crippen molar-refractivity contribution in [3.63, 3.8) is 0 Å². The van der Waals surface area contributed by atoms with Gasteiger partial charge in [-0.3, -0.25) is 9.79 Å². The van der Waals surface area contributed by atoms with Crippen LogP contribution in [0.4, 0.5) is 0 Å². The number of ether oxygens (including phenoxy) is 3. The Balaban J connectivity index is 2.23. The van der Waals surface area contributed by atoms with Crippen LogP contribution in [0.1, 0.15) is 25.5 Å². The SMILES string of the molecule is CCNC(=NCC(c1ccc(OC)c(OC)c1)N(C)C)N1CC(C)C(C(=O)OC)C1. The molecular formula is C22H36N4O4. The monoisotopic (exact) mass is 420 g/mol. The number of methoxy groups -OCH3 is 3. The van der Waals surface area contributed by atoms with Crippen LogP contribution < -0.4 is 14.8 Å². The van der Waals surface area contributed by atoms with Gasteiger partial charge in [-0.05, 0) is 44.6 Å². The number of carbonyl (C=O) groups is 1. The molecule has 1 aromatic rings. The van der Waals surface area contributed by atoms with E-state index in [1.165, 1.54) is 7.11 Å². The van der Waals surface area contributed by atoms with Crippen molar-refractivity contribution in [1.29, 1.82) is 0 Å². The molecule has 8 heteroatoms. The molecule has 3 atom stereocenters. The average Bonchev–Trinajstić information content (AvgIpc) is 3.13. The first-order chi connectivity index (χ1) is 14.4. The summed E-state index contributed by atoms with van der Waals surface area (Å²) < 4.78 is 15.8. The number of likely N-dealkylation sites (N-methyl/N-ethyl adjacent to an activating group) is 1. The zero-order valence-electron chi connectivity index (χ0n) is 19.3. The van der Waals surface area contributed by atoms with E-state index in [2.05, 4.69) is 22.0 Å². The van der Waals surface area contributed by atoms with Crippen molar-refractivity contribution >= 4 is 11.9 Å². The molecule has 30 heavy (non-hydrogen) atoms. The van der Waals surface area contributed by atoms with Crippen molar-refractivity contribution in [2.45, 2.75) is 19.9 Å². The molecule has 168 valence electrons. The number of benzene rings is 1. The maximum absolute atomic E-state index is 12.1. The molecular weight excluding hydrogens is 384 g/mol. The van der Waals surface area contributed by atoms with E-state index in [1.54, 1.807) is 14.2 Å². The molecule has 0 radical (unpaired) electrons. The molecule has 1 aromatic carbocycles. The second kappa shape index (κ2) is 11.1. The topological polar surface area (TPSA) is 75.6 Å². The normalized spacial score (nSPS) is 20.3. The number of esters is 1. The zero-order valence-corrected chi connectivity index (χ0v) is 19.3. The van der Waals surface area contributed by atoms with Gasteiger partial charge in [-0.25, -0.2) is 0 Å². The molecule has 2 rings (SSSR count). The second-order valence-electron chi connectivity index (χ2n) is 7.80. The van der Waals surface area contributed by atoms with Crippen LogP contribution in [0.3, 0.4) is 0 Å². The van der Waals surface area contributed by atoms with Crippen molar-refractivity contribution in [2.24, 2.45) is 16.8 Å². The summed E-state index contributed by atoms with van der Waals surface area (Å²) in [6, 6.07) is 6.02. The number of likely N-dealkylation sites (tertiary alicyclic amines) is 1. The number of hydrogen-bond acceptors (Lipinski definition) is 6. The highest BCUT2D eigenvalue weighted by Crippen LogP contribution is 2.31. The molecule has 0 amide bonds. The first-order valence-electron chi connectivity index (χ1n) is 10.4. The van der Waals surface area contributed by atoms with Gasteiger partial charge in [0, 0.05) is 19.6 Å². The van der Waals surface area contributed by atoms with Gasteiger partial charge in [-0.1, -0.05) is 13.0 Å². The summed E-state index contributed by atoms with van der Waals surface area (Å²) in [5.74, 6) is 2.16. The van der Waals surface area contributed by atoms with Crippen LogP contribution in [-0.4, -0.2) is 83.3 Å². The Morgan fingerprint density at radius 2 is 1.93 bits per heavy atom. The van der Waals surface area contributed by atoms with Crippen LogP contribution in [0, 0.1) is 11.8 Å². The van der Waals surface area contributed by atoms with E-state index in [0.717, 1.165) is 24.6 Å². The lowest BCUT2D eigenvalue weighted by molar-refractivity contribution is -0.145. The van der Waals surface area contributed by atoms with Crippen LogP contribution in [0.25, 0.3) is 0 Å². The summed E-state index contributed by atoms with van der Waals surface area (Å²) in [6.07, 6.45) is 0. The molecule has 1 fully saturated rings. The standard InChI is InChI=1S/C22H36N4O4/c1-8-23-22(26-13-15(2)17(14-26)21(27)30-7)24-12-18(25(3)4)16-9-10-19(28-5)20(11-16)29-6/h9-11,15,17-18H,8,12-14H2,1-7H3,(H,23,24). The van der Waals surface area contributed by atoms with E-state index < -0.39 is 0 Å². The number of aliphatic imine (C=N–C) groups is 1. The van der Waals surface area contributed by atoms with Gasteiger partial charge in [0.1, 0.15) is 0 Å². The Kier molecular flexibility index (Phi) is 8.77. The number of rotatable bonds is 8. The minimum Gasteiger partial charge on any atom is -0.493 e. The highest BCUT2D eigenvalue weighted by atomic mass is 16.5. The number of hydrogen-bond donors (Lipinski definition) is 1. The van der Waals surface area contributed by atoms with Crippen LogP contribution >= 0.6 is 0 Å². The second-order valence-corrected chi connectivity index (χ2v) is 7.80. The number of carbonyl (C=O) groups excluding carboxylic acids is 1. The van der Waals surface area contributed by atoms with Crippen molar-refractivity contribution in [1.82, 2.24) is 15.1 Å². The van der Waals surface area contributed by atoms with Crippen molar-refractivity contribution in [2.75, 3.05) is 61.6 Å². The van der Waals surface area contributed by atoms with Crippen molar-refractivity contribution < 1.29 is 19.0 Å². The molecule has 1 saturated heterocycles. The third-order valence-electron chi connectivity index (χ3n) is 5.58. The lowest BCUT2D eigenvalue weighted by atomic mass is 9.99. The van der Waals surface area contributed by atoms with Gasteiger partial charge < -0.3 is 29.3 Å². The summed E-state index contributed by atoms with van der Waals surface area (Å²) in [5, 5.41) is 3.37. The van der Waals surface area contributed by atoms with Crippen LogP contribution in [0.2, 0.25) is 0 Å². The first-order valence-corrected chi connectivity index (χ1v) is 10.4. The largest absolute Gasteiger partial charge is 0.493 e. The zero-order chi connectivity index (χ0) is 22.3. The molecule has 3 unspecified atom stereocenters. The minimum atomic E-state index is -0.155. The van der Waals surface area contributed by atoms with Crippen LogP contribution in [-0.2, 0) is 9.53 Å². The highest BCUT2D eigenvalue weighted by Gasteiger charge is 2.37. The molecule has 1 N–H and O–H groups in total. The van der Waals surface area contributed by atoms with Gasteiger partial charge in [0.05, 0.1) is 39.8 Å². The van der Waals surface area contributed by atoms with Crippen molar-refractivity contribution in [3.8, 4) is 11.5 Å².